The fourth-order valence-corrected chi connectivity index (χ4v) is 4.59. The van der Waals surface area contributed by atoms with Crippen molar-refractivity contribution in [2.24, 2.45) is 5.41 Å². The molecule has 3 aliphatic rings. The van der Waals surface area contributed by atoms with E-state index in [1.165, 1.54) is 90.8 Å². The zero-order valence-corrected chi connectivity index (χ0v) is 13.4. The van der Waals surface area contributed by atoms with Gasteiger partial charge in [-0.15, -0.1) is 0 Å². The molecule has 20 heavy (non-hydrogen) atoms. The van der Waals surface area contributed by atoms with Crippen LogP contribution in [-0.2, 0) is 0 Å². The molecular formula is C17H33N3. The van der Waals surface area contributed by atoms with Crippen LogP contribution in [0.3, 0.4) is 0 Å². The second-order valence-electron chi connectivity index (χ2n) is 7.38. The van der Waals surface area contributed by atoms with Gasteiger partial charge in [0.25, 0.3) is 0 Å². The molecule has 0 spiro atoms. The molecule has 3 aliphatic heterocycles. The predicted molar refractivity (Wildman–Crippen MR) is 85.1 cm³/mol. The smallest absolute Gasteiger partial charge is 0.0235 e. The Morgan fingerprint density at radius 1 is 1.05 bits per heavy atom. The molecule has 0 aliphatic carbocycles. The fraction of sp³-hybridized carbons (Fsp3) is 1.00. The first-order chi connectivity index (χ1) is 9.81. The average Bonchev–Trinajstić information content (AvgIpc) is 2.97. The van der Waals surface area contributed by atoms with Crippen LogP contribution < -0.4 is 5.32 Å². The molecule has 0 aromatic rings. The predicted octanol–water partition coefficient (Wildman–Crippen LogP) is 2.33. The Morgan fingerprint density at radius 2 is 1.80 bits per heavy atom. The number of piperidine rings is 2. The Balaban J connectivity index is 1.51. The highest BCUT2D eigenvalue weighted by molar-refractivity contribution is 4.91. The van der Waals surface area contributed by atoms with Gasteiger partial charge in [-0.3, -0.25) is 4.90 Å². The fourth-order valence-electron chi connectivity index (χ4n) is 4.59. The first-order valence-corrected chi connectivity index (χ1v) is 8.98. The molecule has 1 N–H and O–H groups in total. The largest absolute Gasteiger partial charge is 0.317 e. The molecule has 1 atom stereocenters. The van der Waals surface area contributed by atoms with Crippen LogP contribution in [0.5, 0.6) is 0 Å². The van der Waals surface area contributed by atoms with Crippen molar-refractivity contribution < 1.29 is 0 Å². The van der Waals surface area contributed by atoms with E-state index in [0.717, 1.165) is 6.04 Å². The van der Waals surface area contributed by atoms with Gasteiger partial charge < -0.3 is 10.2 Å². The Kier molecular flexibility index (Phi) is 5.00. The van der Waals surface area contributed by atoms with E-state index in [2.05, 4.69) is 22.0 Å². The summed E-state index contributed by atoms with van der Waals surface area (Å²) in [5, 5.41) is 3.53. The summed E-state index contributed by atoms with van der Waals surface area (Å²) in [4.78, 5) is 5.57. The zero-order valence-electron chi connectivity index (χ0n) is 13.4. The molecule has 0 saturated carbocycles. The van der Waals surface area contributed by atoms with Crippen LogP contribution in [0.25, 0.3) is 0 Å². The Morgan fingerprint density at radius 3 is 2.50 bits per heavy atom. The molecule has 0 bridgehead atoms. The van der Waals surface area contributed by atoms with Gasteiger partial charge in [0.1, 0.15) is 0 Å². The van der Waals surface area contributed by atoms with E-state index in [9.17, 15) is 0 Å². The lowest BCUT2D eigenvalue weighted by atomic mass is 9.76. The summed E-state index contributed by atoms with van der Waals surface area (Å²) < 4.78 is 0. The Bertz CT molecular complexity index is 293. The van der Waals surface area contributed by atoms with Gasteiger partial charge >= 0.3 is 0 Å². The summed E-state index contributed by atoms with van der Waals surface area (Å²) in [6.45, 7) is 11.6. The van der Waals surface area contributed by atoms with Gasteiger partial charge in [0.05, 0.1) is 0 Å². The van der Waals surface area contributed by atoms with Crippen molar-refractivity contribution >= 4 is 0 Å². The van der Waals surface area contributed by atoms with E-state index in [1.807, 2.05) is 0 Å². The summed E-state index contributed by atoms with van der Waals surface area (Å²) in [5.41, 5.74) is 0.613. The van der Waals surface area contributed by atoms with Crippen molar-refractivity contribution in [2.45, 2.75) is 57.9 Å². The van der Waals surface area contributed by atoms with Gasteiger partial charge in [-0.1, -0.05) is 13.3 Å². The number of nitrogens with zero attached hydrogens (tertiary/aromatic N) is 2. The maximum Gasteiger partial charge on any atom is 0.0235 e. The molecule has 3 saturated heterocycles. The quantitative estimate of drug-likeness (QED) is 0.852. The summed E-state index contributed by atoms with van der Waals surface area (Å²) in [7, 11) is 0. The van der Waals surface area contributed by atoms with E-state index in [1.54, 1.807) is 0 Å². The van der Waals surface area contributed by atoms with Gasteiger partial charge in [0, 0.05) is 19.1 Å². The van der Waals surface area contributed by atoms with Crippen LogP contribution in [0.15, 0.2) is 0 Å². The molecule has 116 valence electrons. The molecule has 0 amide bonds. The van der Waals surface area contributed by atoms with Crippen molar-refractivity contribution in [3.63, 3.8) is 0 Å². The normalized spacial score (nSPS) is 32.5. The van der Waals surface area contributed by atoms with Gasteiger partial charge in [0.15, 0.2) is 0 Å². The number of rotatable bonds is 4. The second kappa shape index (κ2) is 6.76. The Labute approximate surface area is 125 Å². The topological polar surface area (TPSA) is 18.5 Å². The lowest BCUT2D eigenvalue weighted by Crippen LogP contribution is -2.45. The van der Waals surface area contributed by atoms with Crippen molar-refractivity contribution in [2.75, 3.05) is 45.8 Å². The lowest BCUT2D eigenvalue weighted by Gasteiger charge is -2.40. The summed E-state index contributed by atoms with van der Waals surface area (Å²) >= 11 is 0. The minimum atomic E-state index is 0.613. The first kappa shape index (κ1) is 14.8. The van der Waals surface area contributed by atoms with Crippen LogP contribution in [0.2, 0.25) is 0 Å². The molecule has 3 nitrogen and oxygen atoms in total. The van der Waals surface area contributed by atoms with Crippen molar-refractivity contribution in [1.82, 2.24) is 15.1 Å². The van der Waals surface area contributed by atoms with Gasteiger partial charge in [0.2, 0.25) is 0 Å². The Hall–Kier alpha value is -0.120. The standard InChI is InChI=1S/C17H33N3/c1-2-17(7-9-18-10-8-17)15-19-13-6-16(14-19)20-11-4-3-5-12-20/h16,18H,2-15H2,1H3. The highest BCUT2D eigenvalue weighted by Crippen LogP contribution is 2.34. The molecular weight excluding hydrogens is 246 g/mol. The monoisotopic (exact) mass is 279 g/mol. The molecule has 3 fully saturated rings. The molecule has 3 rings (SSSR count). The average molecular weight is 279 g/mol. The molecule has 0 radical (unpaired) electrons. The minimum Gasteiger partial charge on any atom is -0.317 e. The summed E-state index contributed by atoms with van der Waals surface area (Å²) in [6.07, 6.45) is 9.86. The van der Waals surface area contributed by atoms with E-state index >= 15 is 0 Å². The van der Waals surface area contributed by atoms with Crippen LogP contribution >= 0.6 is 0 Å². The SMILES string of the molecule is CCC1(CN2CCC(N3CCCCC3)C2)CCNCC1. The van der Waals surface area contributed by atoms with Crippen molar-refractivity contribution in [3.05, 3.63) is 0 Å². The second-order valence-corrected chi connectivity index (χ2v) is 7.38. The summed E-state index contributed by atoms with van der Waals surface area (Å²) in [6, 6.07) is 0.867. The first-order valence-electron chi connectivity index (χ1n) is 8.98. The van der Waals surface area contributed by atoms with E-state index in [0.29, 0.717) is 5.41 Å². The third kappa shape index (κ3) is 3.37. The lowest BCUT2D eigenvalue weighted by molar-refractivity contribution is 0.109. The molecule has 0 aromatic carbocycles. The molecule has 3 heterocycles. The van der Waals surface area contributed by atoms with E-state index < -0.39 is 0 Å². The van der Waals surface area contributed by atoms with Crippen LogP contribution in [0.1, 0.15) is 51.9 Å². The minimum absolute atomic E-state index is 0.613. The summed E-state index contributed by atoms with van der Waals surface area (Å²) in [5.74, 6) is 0. The molecule has 3 heteroatoms. The number of hydrogen-bond acceptors (Lipinski definition) is 3. The van der Waals surface area contributed by atoms with Crippen molar-refractivity contribution in [1.29, 1.82) is 0 Å². The third-order valence-corrected chi connectivity index (χ3v) is 6.13. The highest BCUT2D eigenvalue weighted by atomic mass is 15.3. The van der Waals surface area contributed by atoms with Crippen molar-refractivity contribution in [3.8, 4) is 0 Å². The van der Waals surface area contributed by atoms with Crippen LogP contribution in [-0.4, -0.2) is 61.7 Å². The number of nitrogens with one attached hydrogen (secondary N) is 1. The van der Waals surface area contributed by atoms with E-state index in [-0.39, 0.29) is 0 Å². The van der Waals surface area contributed by atoms with Gasteiger partial charge in [-0.05, 0) is 76.7 Å². The number of likely N-dealkylation sites (tertiary alicyclic amines) is 2. The maximum absolute atomic E-state index is 3.53. The van der Waals surface area contributed by atoms with Gasteiger partial charge in [-0.25, -0.2) is 0 Å². The highest BCUT2D eigenvalue weighted by Gasteiger charge is 2.36. The maximum atomic E-state index is 3.53. The number of hydrogen-bond donors (Lipinski definition) is 1. The van der Waals surface area contributed by atoms with Crippen LogP contribution in [0, 0.1) is 5.41 Å². The van der Waals surface area contributed by atoms with Gasteiger partial charge in [-0.2, -0.15) is 0 Å². The third-order valence-electron chi connectivity index (χ3n) is 6.13. The zero-order chi connectivity index (χ0) is 13.8. The van der Waals surface area contributed by atoms with Crippen LogP contribution in [0.4, 0.5) is 0 Å². The molecule has 0 aromatic heterocycles. The van der Waals surface area contributed by atoms with E-state index in [4.69, 9.17) is 0 Å². The molecule has 1 unspecified atom stereocenters.